The van der Waals surface area contributed by atoms with Crippen molar-refractivity contribution in [1.29, 1.82) is 0 Å². The minimum atomic E-state index is 0.222. The zero-order valence-corrected chi connectivity index (χ0v) is 16.6. The van der Waals surface area contributed by atoms with Gasteiger partial charge in [0, 0.05) is 6.54 Å². The summed E-state index contributed by atoms with van der Waals surface area (Å²) in [4.78, 5) is 17.0. The highest BCUT2D eigenvalue weighted by molar-refractivity contribution is 6.32. The molecule has 1 saturated heterocycles. The normalized spacial score (nSPS) is 18.6. The van der Waals surface area contributed by atoms with Crippen LogP contribution in [-0.4, -0.2) is 30.9 Å². The molecule has 2 aromatic rings. The van der Waals surface area contributed by atoms with Gasteiger partial charge in [0.1, 0.15) is 5.75 Å². The Balaban J connectivity index is 1.50. The van der Waals surface area contributed by atoms with Crippen LogP contribution in [0.25, 0.3) is 0 Å². The van der Waals surface area contributed by atoms with Crippen LogP contribution >= 0.6 is 11.6 Å². The van der Waals surface area contributed by atoms with E-state index < -0.39 is 0 Å². The van der Waals surface area contributed by atoms with E-state index in [0.717, 1.165) is 17.9 Å². The van der Waals surface area contributed by atoms with Crippen molar-refractivity contribution in [3.05, 3.63) is 58.6 Å². The van der Waals surface area contributed by atoms with Crippen LogP contribution in [0.5, 0.6) is 5.75 Å². The van der Waals surface area contributed by atoms with E-state index in [4.69, 9.17) is 31.1 Å². The summed E-state index contributed by atoms with van der Waals surface area (Å²) in [5, 5.41) is 3.71. The van der Waals surface area contributed by atoms with Crippen molar-refractivity contribution >= 4 is 23.2 Å². The molecule has 2 aliphatic rings. The van der Waals surface area contributed by atoms with Gasteiger partial charge in [-0.25, -0.2) is 14.8 Å². The molecule has 2 fully saturated rings. The van der Waals surface area contributed by atoms with E-state index in [1.54, 1.807) is 0 Å². The molecule has 4 rings (SSSR count). The highest BCUT2D eigenvalue weighted by Gasteiger charge is 2.22. The number of aryl methyl sites for hydroxylation is 1. The van der Waals surface area contributed by atoms with E-state index in [-0.39, 0.29) is 13.5 Å². The Kier molecular flexibility index (Phi) is 6.00. The summed E-state index contributed by atoms with van der Waals surface area (Å²) in [5.41, 5.74) is 3.12. The van der Waals surface area contributed by atoms with Gasteiger partial charge in [-0.2, -0.15) is 0 Å². The molecule has 1 N–H and O–H groups in total. The first kappa shape index (κ1) is 19.1. The van der Waals surface area contributed by atoms with Gasteiger partial charge in [-0.05, 0) is 49.4 Å². The summed E-state index contributed by atoms with van der Waals surface area (Å²) in [5.74, 6) is 2.05. The maximum absolute atomic E-state index is 6.39. The summed E-state index contributed by atoms with van der Waals surface area (Å²) in [6.45, 7) is 3.94. The zero-order chi connectivity index (χ0) is 19.3. The Bertz CT molecular complexity index is 837. The molecular formula is C21H24ClN3O3. The van der Waals surface area contributed by atoms with Crippen LogP contribution in [0.4, 0.5) is 5.69 Å². The second-order valence-electron chi connectivity index (χ2n) is 7.17. The number of halogens is 1. The molecule has 1 aliphatic heterocycles. The van der Waals surface area contributed by atoms with Crippen LogP contribution in [0.1, 0.15) is 24.0 Å². The third-order valence-electron chi connectivity index (χ3n) is 4.70. The molecule has 2 aromatic carbocycles. The van der Waals surface area contributed by atoms with Crippen molar-refractivity contribution < 1.29 is 14.5 Å². The minimum absolute atomic E-state index is 0.222. The predicted octanol–water partition coefficient (Wildman–Crippen LogP) is 4.39. The summed E-state index contributed by atoms with van der Waals surface area (Å²) >= 11 is 6.39. The van der Waals surface area contributed by atoms with Crippen molar-refractivity contribution in [2.24, 2.45) is 10.9 Å². The highest BCUT2D eigenvalue weighted by Crippen LogP contribution is 2.33. The van der Waals surface area contributed by atoms with Gasteiger partial charge in [0.15, 0.2) is 13.5 Å². The second-order valence-corrected chi connectivity index (χ2v) is 7.58. The quantitative estimate of drug-likeness (QED) is 0.727. The highest BCUT2D eigenvalue weighted by atomic mass is 35.5. The largest absolute Gasteiger partial charge is 0.492 e. The molecule has 0 aromatic heterocycles. The number of nitrogens with zero attached hydrogens (tertiary/aromatic N) is 2. The van der Waals surface area contributed by atoms with Gasteiger partial charge in [-0.3, -0.25) is 0 Å². The Morgan fingerprint density at radius 1 is 1.18 bits per heavy atom. The fraction of sp³-hybridized carbons (Fsp3) is 0.381. The van der Waals surface area contributed by atoms with E-state index >= 15 is 0 Å². The molecule has 0 bridgehead atoms. The van der Waals surface area contributed by atoms with Gasteiger partial charge in [-0.1, -0.05) is 41.4 Å². The molecule has 0 radical (unpaired) electrons. The van der Waals surface area contributed by atoms with Gasteiger partial charge in [0.05, 0.1) is 17.3 Å². The lowest BCUT2D eigenvalue weighted by atomic mass is 10.1. The van der Waals surface area contributed by atoms with Crippen molar-refractivity contribution in [2.75, 3.05) is 20.1 Å². The molecule has 0 amide bonds. The van der Waals surface area contributed by atoms with Crippen molar-refractivity contribution in [1.82, 2.24) is 10.2 Å². The zero-order valence-electron chi connectivity index (χ0n) is 15.9. The lowest BCUT2D eigenvalue weighted by Gasteiger charge is -2.22. The van der Waals surface area contributed by atoms with Crippen LogP contribution in [-0.2, 0) is 16.3 Å². The predicted molar refractivity (Wildman–Crippen MR) is 109 cm³/mol. The molecular weight excluding hydrogens is 378 g/mol. The van der Waals surface area contributed by atoms with Crippen LogP contribution in [0.3, 0.4) is 0 Å². The van der Waals surface area contributed by atoms with Crippen molar-refractivity contribution in [2.45, 2.75) is 26.3 Å². The van der Waals surface area contributed by atoms with Gasteiger partial charge >= 0.3 is 0 Å². The Morgan fingerprint density at radius 3 is 2.75 bits per heavy atom. The Labute approximate surface area is 170 Å². The average molecular weight is 402 g/mol. The number of hydrogen-bond donors (Lipinski definition) is 1. The summed E-state index contributed by atoms with van der Waals surface area (Å²) in [6, 6.07) is 14.0. The molecule has 28 heavy (non-hydrogen) atoms. The first-order valence-corrected chi connectivity index (χ1v) is 9.85. The summed E-state index contributed by atoms with van der Waals surface area (Å²) < 4.78 is 5.79. The standard InChI is InChI=1S/C21H24ClN3O3/c1-15-2-4-16(5-3-15)11-25-14-28-27-13-23-21(25)24-18-8-9-20(19(22)10-18)26-12-17-6-7-17/h2-5,8-10,17H,6-7,11-14H2,1H3,(H,23,24). The number of rotatable bonds is 6. The number of hydrogen-bond acceptors (Lipinski definition) is 4. The van der Waals surface area contributed by atoms with Gasteiger partial charge in [0.2, 0.25) is 5.96 Å². The van der Waals surface area contributed by atoms with Crippen molar-refractivity contribution in [3.8, 4) is 5.75 Å². The van der Waals surface area contributed by atoms with Crippen LogP contribution in [0.15, 0.2) is 47.5 Å². The first-order valence-electron chi connectivity index (χ1n) is 9.47. The van der Waals surface area contributed by atoms with Gasteiger partial charge in [0.25, 0.3) is 0 Å². The van der Waals surface area contributed by atoms with Gasteiger partial charge < -0.3 is 15.0 Å². The van der Waals surface area contributed by atoms with Gasteiger partial charge in [-0.15, -0.1) is 0 Å². The third-order valence-corrected chi connectivity index (χ3v) is 4.99. The van der Waals surface area contributed by atoms with E-state index in [1.165, 1.54) is 18.4 Å². The minimum Gasteiger partial charge on any atom is -0.492 e. The molecule has 1 saturated carbocycles. The Hall–Kier alpha value is -2.28. The van der Waals surface area contributed by atoms with Crippen LogP contribution in [0, 0.1) is 12.8 Å². The topological polar surface area (TPSA) is 55.3 Å². The van der Waals surface area contributed by atoms with Crippen LogP contribution in [0.2, 0.25) is 5.02 Å². The molecule has 148 valence electrons. The smallest absolute Gasteiger partial charge is 0.203 e. The fourth-order valence-electron chi connectivity index (χ4n) is 2.84. The molecule has 1 aliphatic carbocycles. The van der Waals surface area contributed by atoms with E-state index in [9.17, 15) is 0 Å². The average Bonchev–Trinajstić information content (AvgIpc) is 3.52. The lowest BCUT2D eigenvalue weighted by molar-refractivity contribution is -0.305. The summed E-state index contributed by atoms with van der Waals surface area (Å²) in [6.07, 6.45) is 2.49. The second kappa shape index (κ2) is 8.82. The number of benzene rings is 2. The molecule has 0 spiro atoms. The van der Waals surface area contributed by atoms with E-state index in [1.807, 2.05) is 23.1 Å². The monoisotopic (exact) mass is 401 g/mol. The maximum Gasteiger partial charge on any atom is 0.203 e. The Morgan fingerprint density at radius 2 is 2.00 bits per heavy atom. The van der Waals surface area contributed by atoms with Crippen molar-refractivity contribution in [3.63, 3.8) is 0 Å². The lowest BCUT2D eigenvalue weighted by Crippen LogP contribution is -2.39. The molecule has 6 nitrogen and oxygen atoms in total. The molecule has 1 heterocycles. The maximum atomic E-state index is 6.39. The fourth-order valence-corrected chi connectivity index (χ4v) is 3.07. The van der Waals surface area contributed by atoms with Crippen LogP contribution < -0.4 is 10.1 Å². The first-order chi connectivity index (χ1) is 13.7. The van der Waals surface area contributed by atoms with E-state index in [0.29, 0.717) is 29.2 Å². The number of ether oxygens (including phenoxy) is 1. The SMILES string of the molecule is Cc1ccc(CN2COOCN/C2=N\c2ccc(OCC3CC3)c(Cl)c2)cc1. The third kappa shape index (κ3) is 5.16. The number of nitrogens with one attached hydrogen (secondary N) is 1. The number of aliphatic imine (C=N–C) groups is 1. The molecule has 7 heteroatoms. The molecule has 0 unspecified atom stereocenters. The van der Waals surface area contributed by atoms with E-state index in [2.05, 4.69) is 36.5 Å². The number of guanidine groups is 1. The summed E-state index contributed by atoms with van der Waals surface area (Å²) in [7, 11) is 0. The molecule has 0 atom stereocenters.